The van der Waals surface area contributed by atoms with Crippen LogP contribution in [0.25, 0.3) is 0 Å². The molecule has 2 aromatic rings. The van der Waals surface area contributed by atoms with E-state index in [-0.39, 0.29) is 18.1 Å². The molecule has 3 rings (SSSR count). The third kappa shape index (κ3) is 2.31. The van der Waals surface area contributed by atoms with Crippen LogP contribution in [0.5, 0.6) is 5.75 Å². The van der Waals surface area contributed by atoms with Gasteiger partial charge in [-0.15, -0.1) is 0 Å². The highest BCUT2D eigenvalue weighted by molar-refractivity contribution is 7.89. The van der Waals surface area contributed by atoms with E-state index in [2.05, 4.69) is 9.71 Å². The average Bonchev–Trinajstić information content (AvgIpc) is 3.06. The lowest BCUT2D eigenvalue weighted by Crippen LogP contribution is -2.29. The van der Waals surface area contributed by atoms with Gasteiger partial charge in [-0.2, -0.15) is 0 Å². The van der Waals surface area contributed by atoms with Crippen molar-refractivity contribution in [3.8, 4) is 5.75 Å². The van der Waals surface area contributed by atoms with E-state index in [1.54, 1.807) is 0 Å². The first-order chi connectivity index (χ1) is 9.60. The first kappa shape index (κ1) is 13.2. The largest absolute Gasteiger partial charge is 0.491 e. The van der Waals surface area contributed by atoms with Gasteiger partial charge in [0.1, 0.15) is 12.4 Å². The number of ether oxygens (including phenoxy) is 1. The van der Waals surface area contributed by atoms with Crippen LogP contribution in [0.3, 0.4) is 0 Å². The van der Waals surface area contributed by atoms with Crippen LogP contribution >= 0.6 is 0 Å². The molecule has 1 unspecified atom stereocenters. The van der Waals surface area contributed by atoms with E-state index in [1.165, 1.54) is 12.3 Å². The van der Waals surface area contributed by atoms with Crippen molar-refractivity contribution < 1.29 is 18.3 Å². The summed E-state index contributed by atoms with van der Waals surface area (Å²) in [7, 11) is -3.65. The summed E-state index contributed by atoms with van der Waals surface area (Å²) in [5.41, 5.74) is 1.28. The number of nitrogens with one attached hydrogen (secondary N) is 2. The summed E-state index contributed by atoms with van der Waals surface area (Å²) in [5.74, 6) is 0.699. The maximum absolute atomic E-state index is 12.3. The molecule has 7 heteroatoms. The van der Waals surface area contributed by atoms with Crippen molar-refractivity contribution in [1.29, 1.82) is 0 Å². The number of fused-ring (bicyclic) bond motifs is 1. The topological polar surface area (TPSA) is 91.4 Å². The molecule has 0 radical (unpaired) electrons. The molecule has 0 saturated heterocycles. The maximum Gasteiger partial charge on any atom is 0.242 e. The zero-order valence-corrected chi connectivity index (χ0v) is 11.4. The van der Waals surface area contributed by atoms with Gasteiger partial charge < -0.3 is 14.8 Å². The number of sulfonamides is 1. The van der Waals surface area contributed by atoms with E-state index in [0.717, 1.165) is 5.56 Å². The molecule has 1 aromatic heterocycles. The Morgan fingerprint density at radius 2 is 2.20 bits per heavy atom. The number of hydrogen-bond donors (Lipinski definition) is 3. The standard InChI is InChI=1S/C13H14N2O4S/c16-7-9-5-10(6-14-9)20(17,18)15-12-8-19-13-4-2-1-3-11(12)13/h1-6,12,14-16H,7-8H2. The van der Waals surface area contributed by atoms with Gasteiger partial charge in [-0.3, -0.25) is 0 Å². The predicted molar refractivity (Wildman–Crippen MR) is 71.7 cm³/mol. The molecule has 106 valence electrons. The summed E-state index contributed by atoms with van der Waals surface area (Å²) in [5, 5.41) is 8.96. The minimum absolute atomic E-state index is 0.103. The molecule has 0 fully saturated rings. The lowest BCUT2D eigenvalue weighted by Gasteiger charge is -2.11. The number of rotatable bonds is 4. The summed E-state index contributed by atoms with van der Waals surface area (Å²) in [6, 6.07) is 8.34. The van der Waals surface area contributed by atoms with Gasteiger partial charge in [-0.25, -0.2) is 13.1 Å². The molecule has 0 amide bonds. The smallest absolute Gasteiger partial charge is 0.242 e. The number of hydrogen-bond acceptors (Lipinski definition) is 4. The van der Waals surface area contributed by atoms with Gasteiger partial charge in [0.05, 0.1) is 17.5 Å². The molecule has 0 spiro atoms. The second-order valence-electron chi connectivity index (χ2n) is 4.54. The Labute approximate surface area is 116 Å². The quantitative estimate of drug-likeness (QED) is 0.782. The van der Waals surface area contributed by atoms with Crippen LogP contribution < -0.4 is 9.46 Å². The van der Waals surface area contributed by atoms with Crippen LogP contribution in [0.2, 0.25) is 0 Å². The van der Waals surface area contributed by atoms with Crippen molar-refractivity contribution in [2.45, 2.75) is 17.5 Å². The third-order valence-corrected chi connectivity index (χ3v) is 4.65. The van der Waals surface area contributed by atoms with Crippen LogP contribution in [0.15, 0.2) is 41.4 Å². The minimum atomic E-state index is -3.65. The van der Waals surface area contributed by atoms with Crippen LogP contribution in [0.4, 0.5) is 0 Å². The van der Waals surface area contributed by atoms with Gasteiger partial charge in [0.15, 0.2) is 0 Å². The molecule has 1 aromatic carbocycles. The predicted octanol–water partition coefficient (Wildman–Crippen LogP) is 0.919. The van der Waals surface area contributed by atoms with Gasteiger partial charge in [-0.05, 0) is 12.1 Å². The number of aliphatic hydroxyl groups is 1. The zero-order chi connectivity index (χ0) is 14.2. The van der Waals surface area contributed by atoms with Crippen molar-refractivity contribution in [2.24, 2.45) is 0 Å². The molecule has 6 nitrogen and oxygen atoms in total. The van der Waals surface area contributed by atoms with Gasteiger partial charge >= 0.3 is 0 Å². The molecular formula is C13H14N2O4S. The highest BCUT2D eigenvalue weighted by Gasteiger charge is 2.29. The maximum atomic E-state index is 12.3. The first-order valence-electron chi connectivity index (χ1n) is 6.12. The summed E-state index contributed by atoms with van der Waals surface area (Å²) < 4.78 is 32.6. The lowest BCUT2D eigenvalue weighted by atomic mass is 10.1. The second kappa shape index (κ2) is 4.93. The molecule has 1 atom stereocenters. The van der Waals surface area contributed by atoms with Crippen molar-refractivity contribution >= 4 is 10.0 Å². The molecule has 1 aliphatic heterocycles. The summed E-state index contributed by atoms with van der Waals surface area (Å²) in [4.78, 5) is 2.81. The SMILES string of the molecule is O=S(=O)(NC1COc2ccccc21)c1c[nH]c(CO)c1. The highest BCUT2D eigenvalue weighted by atomic mass is 32.2. The molecule has 1 aliphatic rings. The van der Waals surface area contributed by atoms with E-state index in [0.29, 0.717) is 11.4 Å². The number of H-pyrrole nitrogens is 1. The van der Waals surface area contributed by atoms with Gasteiger partial charge in [0, 0.05) is 17.5 Å². The van der Waals surface area contributed by atoms with E-state index in [4.69, 9.17) is 9.84 Å². The number of para-hydroxylation sites is 1. The minimum Gasteiger partial charge on any atom is -0.491 e. The van der Waals surface area contributed by atoms with Crippen molar-refractivity contribution in [3.63, 3.8) is 0 Å². The first-order valence-corrected chi connectivity index (χ1v) is 7.60. The molecule has 0 saturated carbocycles. The Bertz CT molecular complexity index is 723. The molecule has 2 heterocycles. The normalized spacial score (nSPS) is 17.8. The summed E-state index contributed by atoms with van der Waals surface area (Å²) >= 11 is 0. The number of benzene rings is 1. The number of aromatic amines is 1. The molecular weight excluding hydrogens is 280 g/mol. The summed E-state index contributed by atoms with van der Waals surface area (Å²) in [6.45, 7) is 0.0424. The Kier molecular flexibility index (Phi) is 3.25. The fraction of sp³-hybridized carbons (Fsp3) is 0.231. The van der Waals surface area contributed by atoms with Crippen LogP contribution in [-0.2, 0) is 16.6 Å². The van der Waals surface area contributed by atoms with E-state index in [9.17, 15) is 8.42 Å². The van der Waals surface area contributed by atoms with Crippen LogP contribution in [0, 0.1) is 0 Å². The van der Waals surface area contributed by atoms with Crippen molar-refractivity contribution in [1.82, 2.24) is 9.71 Å². The van der Waals surface area contributed by atoms with E-state index < -0.39 is 16.1 Å². The second-order valence-corrected chi connectivity index (χ2v) is 6.26. The van der Waals surface area contributed by atoms with Crippen LogP contribution in [0.1, 0.15) is 17.3 Å². The average molecular weight is 294 g/mol. The monoisotopic (exact) mass is 294 g/mol. The van der Waals surface area contributed by atoms with Crippen LogP contribution in [-0.4, -0.2) is 25.1 Å². The fourth-order valence-electron chi connectivity index (χ4n) is 2.18. The zero-order valence-electron chi connectivity index (χ0n) is 10.5. The highest BCUT2D eigenvalue weighted by Crippen LogP contribution is 2.32. The molecule has 20 heavy (non-hydrogen) atoms. The van der Waals surface area contributed by atoms with Crippen molar-refractivity contribution in [2.75, 3.05) is 6.61 Å². The van der Waals surface area contributed by atoms with E-state index >= 15 is 0 Å². The molecule has 3 N–H and O–H groups in total. The Hall–Kier alpha value is -1.83. The Morgan fingerprint density at radius 3 is 2.95 bits per heavy atom. The molecule has 0 bridgehead atoms. The Balaban J connectivity index is 1.84. The van der Waals surface area contributed by atoms with E-state index in [1.807, 2.05) is 24.3 Å². The molecule has 0 aliphatic carbocycles. The lowest BCUT2D eigenvalue weighted by molar-refractivity contribution is 0.277. The van der Waals surface area contributed by atoms with Crippen molar-refractivity contribution in [3.05, 3.63) is 47.8 Å². The fourth-order valence-corrected chi connectivity index (χ4v) is 3.40. The summed E-state index contributed by atoms with van der Waals surface area (Å²) in [6.07, 6.45) is 1.36. The van der Waals surface area contributed by atoms with Gasteiger partial charge in [-0.1, -0.05) is 18.2 Å². The third-order valence-electron chi connectivity index (χ3n) is 3.19. The number of aliphatic hydroxyl groups excluding tert-OH is 1. The number of aromatic nitrogens is 1. The van der Waals surface area contributed by atoms with Gasteiger partial charge in [0.2, 0.25) is 10.0 Å². The Morgan fingerprint density at radius 1 is 1.40 bits per heavy atom. The van der Waals surface area contributed by atoms with Gasteiger partial charge in [0.25, 0.3) is 0 Å².